The maximum Gasteiger partial charge on any atom is 0.0769 e. The molecule has 1 aliphatic heterocycles. The van der Waals surface area contributed by atoms with Gasteiger partial charge in [-0.2, -0.15) is 0 Å². The van der Waals surface area contributed by atoms with Gasteiger partial charge in [0.1, 0.15) is 0 Å². The van der Waals surface area contributed by atoms with Gasteiger partial charge in [-0.15, -0.1) is 0 Å². The lowest BCUT2D eigenvalue weighted by atomic mass is 9.94. The molecule has 0 bridgehead atoms. The summed E-state index contributed by atoms with van der Waals surface area (Å²) in [7, 11) is 2.02. The fraction of sp³-hybridized carbons (Fsp3) is 0.368. The molecule has 0 aliphatic carbocycles. The molecule has 0 saturated carbocycles. The molecule has 21 heavy (non-hydrogen) atoms. The van der Waals surface area contributed by atoms with Crippen molar-refractivity contribution in [1.82, 2.24) is 5.32 Å². The first-order valence-corrected chi connectivity index (χ1v) is 7.83. The van der Waals surface area contributed by atoms with Crippen molar-refractivity contribution in [2.75, 3.05) is 13.7 Å². The average Bonchev–Trinajstić information content (AvgIpc) is 2.58. The van der Waals surface area contributed by atoms with Crippen LogP contribution in [0.15, 0.2) is 54.6 Å². The van der Waals surface area contributed by atoms with Crippen molar-refractivity contribution < 1.29 is 4.74 Å². The second-order valence-corrected chi connectivity index (χ2v) is 5.66. The van der Waals surface area contributed by atoms with Crippen LogP contribution in [0, 0.1) is 0 Å². The lowest BCUT2D eigenvalue weighted by Crippen LogP contribution is -2.34. The molecule has 1 N–H and O–H groups in total. The third-order valence-electron chi connectivity index (χ3n) is 4.27. The summed E-state index contributed by atoms with van der Waals surface area (Å²) in [6.07, 6.45) is 3.91. The normalized spacial score (nSPS) is 20.1. The molecule has 110 valence electrons. The van der Waals surface area contributed by atoms with Crippen molar-refractivity contribution >= 4 is 0 Å². The summed E-state index contributed by atoms with van der Waals surface area (Å²) >= 11 is 0. The molecule has 2 aromatic carbocycles. The molecule has 2 heteroatoms. The van der Waals surface area contributed by atoms with E-state index >= 15 is 0 Å². The van der Waals surface area contributed by atoms with E-state index in [2.05, 4.69) is 59.9 Å². The van der Waals surface area contributed by atoms with E-state index in [-0.39, 0.29) is 6.04 Å². The first kappa shape index (κ1) is 14.3. The second-order valence-electron chi connectivity index (χ2n) is 5.66. The number of ether oxygens (including phenoxy) is 1. The summed E-state index contributed by atoms with van der Waals surface area (Å²) in [5.41, 5.74) is 3.84. The van der Waals surface area contributed by atoms with Crippen molar-refractivity contribution in [2.24, 2.45) is 0 Å². The number of benzene rings is 2. The maximum absolute atomic E-state index is 5.94. The third kappa shape index (κ3) is 3.34. The Morgan fingerprint density at radius 1 is 0.952 bits per heavy atom. The zero-order valence-electron chi connectivity index (χ0n) is 12.6. The van der Waals surface area contributed by atoms with E-state index in [9.17, 15) is 0 Å². The zero-order chi connectivity index (χ0) is 14.5. The van der Waals surface area contributed by atoms with Crippen LogP contribution >= 0.6 is 0 Å². The van der Waals surface area contributed by atoms with Gasteiger partial charge in [-0.1, -0.05) is 54.6 Å². The summed E-state index contributed by atoms with van der Waals surface area (Å²) in [4.78, 5) is 0. The molecule has 0 aromatic heterocycles. The van der Waals surface area contributed by atoms with Crippen LogP contribution in [0.5, 0.6) is 0 Å². The summed E-state index contributed by atoms with van der Waals surface area (Å²) in [5, 5.41) is 3.42. The minimum absolute atomic E-state index is 0.287. The minimum atomic E-state index is 0.287. The number of hydrogen-bond donors (Lipinski definition) is 1. The van der Waals surface area contributed by atoms with Crippen molar-refractivity contribution in [1.29, 1.82) is 0 Å². The van der Waals surface area contributed by atoms with Gasteiger partial charge in [-0.05, 0) is 43.0 Å². The zero-order valence-corrected chi connectivity index (χ0v) is 12.6. The Bertz CT molecular complexity index is 544. The predicted molar refractivity (Wildman–Crippen MR) is 87.3 cm³/mol. The van der Waals surface area contributed by atoms with E-state index in [1.807, 2.05) is 7.05 Å². The monoisotopic (exact) mass is 281 g/mol. The molecular formula is C19H23NO. The van der Waals surface area contributed by atoms with Gasteiger partial charge < -0.3 is 10.1 Å². The number of likely N-dealkylation sites (N-methyl/N-ethyl adjacent to an activating group) is 1. The van der Waals surface area contributed by atoms with Crippen LogP contribution in [0.2, 0.25) is 0 Å². The molecule has 2 nitrogen and oxygen atoms in total. The molecule has 3 rings (SSSR count). The van der Waals surface area contributed by atoms with E-state index in [0.29, 0.717) is 6.10 Å². The van der Waals surface area contributed by atoms with Crippen molar-refractivity contribution in [3.63, 3.8) is 0 Å². The van der Waals surface area contributed by atoms with Crippen LogP contribution in [-0.2, 0) is 4.74 Å². The average molecular weight is 281 g/mol. The molecule has 1 fully saturated rings. The largest absolute Gasteiger partial charge is 0.376 e. The molecule has 0 spiro atoms. The Kier molecular flexibility index (Phi) is 4.69. The van der Waals surface area contributed by atoms with Gasteiger partial charge in [0.05, 0.1) is 12.1 Å². The van der Waals surface area contributed by atoms with Gasteiger partial charge >= 0.3 is 0 Å². The molecular weight excluding hydrogens is 258 g/mol. The van der Waals surface area contributed by atoms with Crippen molar-refractivity contribution in [2.45, 2.75) is 31.4 Å². The lowest BCUT2D eigenvalue weighted by Gasteiger charge is -2.30. The van der Waals surface area contributed by atoms with Crippen LogP contribution < -0.4 is 5.32 Å². The highest BCUT2D eigenvalue weighted by atomic mass is 16.5. The Balaban J connectivity index is 1.79. The summed E-state index contributed by atoms with van der Waals surface area (Å²) in [6, 6.07) is 19.7. The molecule has 2 atom stereocenters. The van der Waals surface area contributed by atoms with E-state index in [4.69, 9.17) is 4.74 Å². The van der Waals surface area contributed by atoms with Crippen LogP contribution in [0.3, 0.4) is 0 Å². The standard InChI is InChI=1S/C19H23NO/c1-20-19(18-9-5-6-14-21-18)17-12-10-16(11-13-17)15-7-3-2-4-8-15/h2-4,7-8,10-13,18-20H,5-6,9,14H2,1H3. The van der Waals surface area contributed by atoms with E-state index < -0.39 is 0 Å². The highest BCUT2D eigenvalue weighted by Gasteiger charge is 2.24. The van der Waals surface area contributed by atoms with Gasteiger partial charge in [-0.3, -0.25) is 0 Å². The second kappa shape index (κ2) is 6.88. The first-order chi connectivity index (χ1) is 10.4. The van der Waals surface area contributed by atoms with Gasteiger partial charge in [0.2, 0.25) is 0 Å². The Morgan fingerprint density at radius 2 is 1.67 bits per heavy atom. The minimum Gasteiger partial charge on any atom is -0.376 e. The Morgan fingerprint density at radius 3 is 2.29 bits per heavy atom. The highest BCUT2D eigenvalue weighted by Crippen LogP contribution is 2.28. The van der Waals surface area contributed by atoms with Gasteiger partial charge in [0.15, 0.2) is 0 Å². The first-order valence-electron chi connectivity index (χ1n) is 7.83. The third-order valence-corrected chi connectivity index (χ3v) is 4.27. The fourth-order valence-electron chi connectivity index (χ4n) is 3.11. The summed E-state index contributed by atoms with van der Waals surface area (Å²) in [5.74, 6) is 0. The number of nitrogens with one attached hydrogen (secondary N) is 1. The number of rotatable bonds is 4. The SMILES string of the molecule is CNC(c1ccc(-c2ccccc2)cc1)C1CCCCO1. The summed E-state index contributed by atoms with van der Waals surface area (Å²) < 4.78 is 5.94. The predicted octanol–water partition coefficient (Wildman–Crippen LogP) is 4.18. The molecule has 0 amide bonds. The molecule has 1 saturated heterocycles. The van der Waals surface area contributed by atoms with Crippen LogP contribution in [0.1, 0.15) is 30.9 Å². The smallest absolute Gasteiger partial charge is 0.0769 e. The van der Waals surface area contributed by atoms with Crippen LogP contribution in [0.25, 0.3) is 11.1 Å². The van der Waals surface area contributed by atoms with E-state index in [1.165, 1.54) is 29.5 Å². The van der Waals surface area contributed by atoms with Gasteiger partial charge in [0, 0.05) is 6.61 Å². The summed E-state index contributed by atoms with van der Waals surface area (Å²) in [6.45, 7) is 0.894. The lowest BCUT2D eigenvalue weighted by molar-refractivity contribution is -0.00661. The van der Waals surface area contributed by atoms with Gasteiger partial charge in [0.25, 0.3) is 0 Å². The van der Waals surface area contributed by atoms with Crippen molar-refractivity contribution in [3.8, 4) is 11.1 Å². The van der Waals surface area contributed by atoms with Crippen LogP contribution in [-0.4, -0.2) is 19.8 Å². The van der Waals surface area contributed by atoms with Crippen molar-refractivity contribution in [3.05, 3.63) is 60.2 Å². The van der Waals surface area contributed by atoms with Crippen LogP contribution in [0.4, 0.5) is 0 Å². The Hall–Kier alpha value is -1.64. The fourth-order valence-corrected chi connectivity index (χ4v) is 3.11. The highest BCUT2D eigenvalue weighted by molar-refractivity contribution is 5.63. The molecule has 1 heterocycles. The van der Waals surface area contributed by atoms with E-state index in [0.717, 1.165) is 13.0 Å². The molecule has 0 radical (unpaired) electrons. The molecule has 1 aliphatic rings. The molecule has 2 unspecified atom stereocenters. The maximum atomic E-state index is 5.94. The Labute approximate surface area is 127 Å². The van der Waals surface area contributed by atoms with E-state index in [1.54, 1.807) is 0 Å². The quantitative estimate of drug-likeness (QED) is 0.907. The number of hydrogen-bond acceptors (Lipinski definition) is 2. The topological polar surface area (TPSA) is 21.3 Å². The van der Waals surface area contributed by atoms with Gasteiger partial charge in [-0.25, -0.2) is 0 Å². The molecule has 2 aromatic rings.